The maximum Gasteiger partial charge on any atom is 0.232 e. The first-order valence-corrected chi connectivity index (χ1v) is 17.0. The number of aliphatic hydroxyl groups excluding tert-OH is 1. The molecule has 52 heavy (non-hydrogen) atoms. The average Bonchev–Trinajstić information content (AvgIpc) is 3.16. The third-order valence-electron chi connectivity index (χ3n) is 6.70. The van der Waals surface area contributed by atoms with Crippen LogP contribution in [0.15, 0.2) is 83.1 Å². The zero-order valence-corrected chi connectivity index (χ0v) is 32.1. The van der Waals surface area contributed by atoms with Crippen molar-refractivity contribution in [3.05, 3.63) is 116 Å². The summed E-state index contributed by atoms with van der Waals surface area (Å²) < 4.78 is 11.1. The van der Waals surface area contributed by atoms with Crippen LogP contribution in [-0.4, -0.2) is 74.6 Å². The zero-order chi connectivity index (χ0) is 38.1. The Bertz CT molecular complexity index is 1690. The first kappa shape index (κ1) is 43.8. The number of aromatic nitrogens is 2. The zero-order valence-electron chi connectivity index (χ0n) is 30.6. The number of oxime groups is 2. The molecule has 0 bridgehead atoms. The number of hydrogen-bond acceptors (Lipinski definition) is 13. The van der Waals surface area contributed by atoms with Gasteiger partial charge in [-0.3, -0.25) is 9.68 Å². The number of rotatable bonds is 17. The number of nitrogens with one attached hydrogen (secondary N) is 2. The van der Waals surface area contributed by atoms with Crippen molar-refractivity contribution in [1.29, 1.82) is 0 Å². The second kappa shape index (κ2) is 25.6. The molecular weight excluding hydrogens is 711 g/mol. The Morgan fingerprint density at radius 1 is 0.731 bits per heavy atom. The molecule has 4 rings (SSSR count). The van der Waals surface area contributed by atoms with Gasteiger partial charge in [0.1, 0.15) is 50.5 Å². The van der Waals surface area contributed by atoms with Gasteiger partial charge < -0.3 is 24.3 Å². The lowest BCUT2D eigenvalue weighted by Gasteiger charge is -2.12. The molecule has 0 spiro atoms. The van der Waals surface area contributed by atoms with Crippen LogP contribution in [0.3, 0.4) is 0 Å². The fourth-order valence-electron chi connectivity index (χ4n) is 4.24. The quantitative estimate of drug-likeness (QED) is 0.0786. The number of hydroxylamine groups is 2. The summed E-state index contributed by atoms with van der Waals surface area (Å²) >= 11 is 11.8. The van der Waals surface area contributed by atoms with Crippen LogP contribution in [0.4, 0.5) is 0 Å². The molecule has 0 aliphatic rings. The summed E-state index contributed by atoms with van der Waals surface area (Å²) in [6, 6.07) is 22.4. The number of ether oxygens (including phenoxy) is 2. The van der Waals surface area contributed by atoms with Crippen LogP contribution < -0.4 is 20.4 Å². The van der Waals surface area contributed by atoms with Crippen molar-refractivity contribution in [2.24, 2.45) is 10.3 Å². The summed E-state index contributed by atoms with van der Waals surface area (Å²) in [6.07, 6.45) is 0.964. The molecule has 0 radical (unpaired) electrons. The van der Waals surface area contributed by atoms with Crippen LogP contribution >= 0.6 is 23.2 Å². The molecule has 0 amide bonds. The lowest BCUT2D eigenvalue weighted by atomic mass is 10.0. The van der Waals surface area contributed by atoms with Crippen molar-refractivity contribution in [3.8, 4) is 11.8 Å². The van der Waals surface area contributed by atoms with E-state index in [1.165, 1.54) is 14.2 Å². The van der Waals surface area contributed by atoms with Crippen molar-refractivity contribution in [2.75, 3.05) is 48.1 Å². The molecule has 0 unspecified atom stereocenters. The highest BCUT2D eigenvalue weighted by Gasteiger charge is 2.12. The van der Waals surface area contributed by atoms with E-state index in [1.807, 2.05) is 75.4 Å². The fraction of sp³-hybridized carbons (Fsp3) is 0.351. The smallest absolute Gasteiger partial charge is 0.232 e. The van der Waals surface area contributed by atoms with Gasteiger partial charge >= 0.3 is 0 Å². The Balaban J connectivity index is 0.000000289. The van der Waals surface area contributed by atoms with Crippen molar-refractivity contribution >= 4 is 34.6 Å². The van der Waals surface area contributed by atoms with Gasteiger partial charge in [0.2, 0.25) is 11.8 Å². The lowest BCUT2D eigenvalue weighted by Crippen LogP contribution is -2.19. The maximum absolute atomic E-state index is 9.21. The monoisotopic (exact) mass is 758 g/mol. The van der Waals surface area contributed by atoms with Crippen LogP contribution in [0.1, 0.15) is 47.0 Å². The highest BCUT2D eigenvalue weighted by molar-refractivity contribution is 6.31. The number of hydrogen-bond donors (Lipinski definition) is 3. The van der Waals surface area contributed by atoms with Gasteiger partial charge in [-0.1, -0.05) is 89.0 Å². The minimum Gasteiger partial charge on any atom is -0.477 e. The first-order valence-electron chi connectivity index (χ1n) is 16.3. The molecule has 0 aliphatic heterocycles. The van der Waals surface area contributed by atoms with Gasteiger partial charge in [-0.15, -0.1) is 0 Å². The molecule has 0 aliphatic carbocycles. The van der Waals surface area contributed by atoms with Crippen LogP contribution in [0.5, 0.6) is 11.8 Å². The van der Waals surface area contributed by atoms with Gasteiger partial charge in [0, 0.05) is 37.0 Å². The number of nitrogens with zero attached hydrogens (tertiary/aromatic N) is 4. The Hall–Kier alpha value is -4.34. The highest BCUT2D eigenvalue weighted by atomic mass is 35.5. The second-order valence-electron chi connectivity index (χ2n) is 10.5. The standard InChI is InChI=1S/C17H20ClN3O3.C11H16N2O3.C9H12ClNO/c1-12-15(18)8-9-17(20-12)23-10-13-6-4-5-7-14(13)16(21-22-3)11-24-19-2;1-12-16-8-11(13-15-2)10-6-4-3-5-9(10)7-14;1-3-6-12-9-8(10)5-4-7(2)11-9/h4-9,19H,10-11H2,1-3H3;3-6,12,14H,7-8H2,1-2H3;4-5H,3,6H2,1-2H3/b21-16-;13-11-;. The Morgan fingerprint density at radius 3 is 1.83 bits per heavy atom. The molecule has 13 nitrogen and oxygen atoms in total. The summed E-state index contributed by atoms with van der Waals surface area (Å²) in [6.45, 7) is 7.28. The van der Waals surface area contributed by atoms with Gasteiger partial charge in [-0.2, -0.15) is 0 Å². The molecule has 282 valence electrons. The molecule has 4 aromatic rings. The molecule has 0 fully saturated rings. The minimum atomic E-state index is -0.0432. The van der Waals surface area contributed by atoms with E-state index in [-0.39, 0.29) is 19.8 Å². The van der Waals surface area contributed by atoms with E-state index in [4.69, 9.17) is 52.0 Å². The van der Waals surface area contributed by atoms with Crippen molar-refractivity contribution in [3.63, 3.8) is 0 Å². The van der Waals surface area contributed by atoms with Crippen LogP contribution in [0.2, 0.25) is 10.0 Å². The maximum atomic E-state index is 9.21. The fourth-order valence-corrected chi connectivity index (χ4v) is 4.51. The number of benzene rings is 2. The summed E-state index contributed by atoms with van der Waals surface area (Å²) in [4.78, 5) is 28.4. The summed E-state index contributed by atoms with van der Waals surface area (Å²) in [5, 5.41) is 18.3. The first-order chi connectivity index (χ1) is 25.2. The van der Waals surface area contributed by atoms with Gasteiger partial charge in [0.05, 0.1) is 23.9 Å². The molecule has 0 atom stereocenters. The third-order valence-corrected chi connectivity index (χ3v) is 7.39. The topological polar surface area (TPSA) is 150 Å². The van der Waals surface area contributed by atoms with E-state index < -0.39 is 0 Å². The number of halogens is 2. The van der Waals surface area contributed by atoms with Gasteiger partial charge in [0.25, 0.3) is 0 Å². The SMILES string of the molecule is CCCOc1nc(C)ccc1Cl.CNOC/C(=N/OC)c1ccccc1CO.CNOC/C(=N/OC)c1ccccc1COc1ccc(Cl)c(C)n1. The molecule has 2 aromatic carbocycles. The molecule has 3 N–H and O–H groups in total. The van der Waals surface area contributed by atoms with Crippen molar-refractivity contribution in [1.82, 2.24) is 20.9 Å². The van der Waals surface area contributed by atoms with Crippen LogP contribution in [-0.2, 0) is 32.6 Å². The summed E-state index contributed by atoms with van der Waals surface area (Å²) in [5.41, 5.74) is 11.6. The Kier molecular flexibility index (Phi) is 21.6. The summed E-state index contributed by atoms with van der Waals surface area (Å²) in [5.74, 6) is 1.06. The third kappa shape index (κ3) is 15.5. The lowest BCUT2D eigenvalue weighted by molar-refractivity contribution is 0.0866. The number of pyridine rings is 2. The largest absolute Gasteiger partial charge is 0.477 e. The Morgan fingerprint density at radius 2 is 1.29 bits per heavy atom. The van der Waals surface area contributed by atoms with Gasteiger partial charge in [-0.05, 0) is 49.6 Å². The molecule has 0 saturated carbocycles. The number of aliphatic hydroxyl groups is 1. The van der Waals surface area contributed by atoms with E-state index in [9.17, 15) is 5.11 Å². The second-order valence-corrected chi connectivity index (χ2v) is 11.3. The predicted octanol–water partition coefficient (Wildman–Crippen LogP) is 6.64. The van der Waals surface area contributed by atoms with Crippen molar-refractivity contribution in [2.45, 2.75) is 40.4 Å². The van der Waals surface area contributed by atoms with Gasteiger partial charge in [0.15, 0.2) is 0 Å². The van der Waals surface area contributed by atoms with Crippen LogP contribution in [0, 0.1) is 13.8 Å². The van der Waals surface area contributed by atoms with Crippen LogP contribution in [0.25, 0.3) is 0 Å². The molecule has 15 heteroatoms. The van der Waals surface area contributed by atoms with E-state index in [2.05, 4.69) is 31.2 Å². The van der Waals surface area contributed by atoms with E-state index in [0.717, 1.165) is 40.1 Å². The molecule has 0 saturated heterocycles. The van der Waals surface area contributed by atoms with Crippen molar-refractivity contribution < 1.29 is 33.9 Å². The van der Waals surface area contributed by atoms with E-state index in [1.54, 1.807) is 32.3 Å². The summed E-state index contributed by atoms with van der Waals surface area (Å²) in [7, 11) is 6.33. The average molecular weight is 760 g/mol. The highest BCUT2D eigenvalue weighted by Crippen LogP contribution is 2.22. The number of aryl methyl sites for hydroxylation is 2. The normalized spacial score (nSPS) is 11.1. The molecular formula is C37H48Cl2N6O7. The molecule has 2 aromatic heterocycles. The van der Waals surface area contributed by atoms with E-state index >= 15 is 0 Å². The Labute approximate surface area is 315 Å². The van der Waals surface area contributed by atoms with E-state index in [0.29, 0.717) is 46.4 Å². The van der Waals surface area contributed by atoms with Gasteiger partial charge in [-0.25, -0.2) is 20.9 Å². The minimum absolute atomic E-state index is 0.0432. The molecule has 2 heterocycles. The predicted molar refractivity (Wildman–Crippen MR) is 204 cm³/mol.